The van der Waals surface area contributed by atoms with Gasteiger partial charge >= 0.3 is 0 Å². The summed E-state index contributed by atoms with van der Waals surface area (Å²) in [5, 5.41) is 3.95. The lowest BCUT2D eigenvalue weighted by atomic mass is 10.4. The fraction of sp³-hybridized carbons (Fsp3) is 0. The van der Waals surface area contributed by atoms with Crippen molar-refractivity contribution in [3.05, 3.63) is 29.4 Å². The highest BCUT2D eigenvalue weighted by molar-refractivity contribution is 9.10. The Morgan fingerprint density at radius 3 is 3.00 bits per heavy atom. The van der Waals surface area contributed by atoms with Gasteiger partial charge in [0, 0.05) is 10.7 Å². The predicted molar refractivity (Wildman–Crippen MR) is 51.3 cm³/mol. The summed E-state index contributed by atoms with van der Waals surface area (Å²) < 4.78 is 2.42. The normalized spacial score (nSPS) is 10.2. The number of hydrogen-bond acceptors (Lipinski definition) is 4. The standard InChI is InChI=1S/C7H6BrN5/c8-5-1-6(7(9)11-2-5)13-4-10-3-12-13/h1-4H,(H2,9,11). The Bertz CT molecular complexity index is 411. The van der Waals surface area contributed by atoms with E-state index in [4.69, 9.17) is 5.73 Å². The van der Waals surface area contributed by atoms with E-state index in [2.05, 4.69) is 31.0 Å². The second-order valence-corrected chi connectivity index (χ2v) is 3.31. The minimum Gasteiger partial charge on any atom is -0.382 e. The van der Waals surface area contributed by atoms with Crippen LogP contribution in [0, 0.1) is 0 Å². The zero-order valence-corrected chi connectivity index (χ0v) is 8.14. The molecule has 2 aromatic heterocycles. The quantitative estimate of drug-likeness (QED) is 0.807. The monoisotopic (exact) mass is 239 g/mol. The fourth-order valence-electron chi connectivity index (χ4n) is 0.955. The third-order valence-corrected chi connectivity index (χ3v) is 1.96. The van der Waals surface area contributed by atoms with E-state index in [1.54, 1.807) is 17.2 Å². The van der Waals surface area contributed by atoms with Gasteiger partial charge in [-0.25, -0.2) is 14.6 Å². The SMILES string of the molecule is Nc1ncc(Br)cc1-n1cncn1. The number of nitrogens with zero attached hydrogens (tertiary/aromatic N) is 4. The molecule has 2 N–H and O–H groups in total. The first-order valence-electron chi connectivity index (χ1n) is 3.53. The van der Waals surface area contributed by atoms with Crippen molar-refractivity contribution in [2.45, 2.75) is 0 Å². The summed E-state index contributed by atoms with van der Waals surface area (Å²) >= 11 is 3.30. The van der Waals surface area contributed by atoms with E-state index in [1.165, 1.54) is 6.33 Å². The number of pyridine rings is 1. The van der Waals surface area contributed by atoms with Gasteiger partial charge in [0.25, 0.3) is 0 Å². The van der Waals surface area contributed by atoms with E-state index in [1.807, 2.05) is 6.07 Å². The smallest absolute Gasteiger partial charge is 0.149 e. The summed E-state index contributed by atoms with van der Waals surface area (Å²) in [4.78, 5) is 7.80. The lowest BCUT2D eigenvalue weighted by molar-refractivity contribution is 0.875. The van der Waals surface area contributed by atoms with Crippen molar-refractivity contribution in [3.63, 3.8) is 0 Å². The van der Waals surface area contributed by atoms with Crippen LogP contribution < -0.4 is 5.73 Å². The molecule has 0 saturated heterocycles. The molecular weight excluding hydrogens is 234 g/mol. The molecule has 2 aromatic rings. The van der Waals surface area contributed by atoms with E-state index in [9.17, 15) is 0 Å². The topological polar surface area (TPSA) is 69.6 Å². The summed E-state index contributed by atoms with van der Waals surface area (Å²) in [7, 11) is 0. The van der Waals surface area contributed by atoms with Crippen molar-refractivity contribution < 1.29 is 0 Å². The molecule has 66 valence electrons. The molecule has 0 bridgehead atoms. The van der Waals surface area contributed by atoms with Gasteiger partial charge in [-0.3, -0.25) is 0 Å². The van der Waals surface area contributed by atoms with Crippen molar-refractivity contribution in [1.29, 1.82) is 0 Å². The van der Waals surface area contributed by atoms with Crippen LogP contribution in [0.4, 0.5) is 5.82 Å². The maximum atomic E-state index is 5.66. The Morgan fingerprint density at radius 2 is 2.31 bits per heavy atom. The summed E-state index contributed by atoms with van der Waals surface area (Å²) in [5.41, 5.74) is 6.37. The third-order valence-electron chi connectivity index (χ3n) is 1.53. The van der Waals surface area contributed by atoms with Gasteiger partial charge in [0.05, 0.1) is 0 Å². The summed E-state index contributed by atoms with van der Waals surface area (Å²) in [5.74, 6) is 0.425. The summed E-state index contributed by atoms with van der Waals surface area (Å²) in [6, 6.07) is 1.83. The van der Waals surface area contributed by atoms with Crippen molar-refractivity contribution in [2.24, 2.45) is 0 Å². The summed E-state index contributed by atoms with van der Waals surface area (Å²) in [6.07, 6.45) is 4.65. The van der Waals surface area contributed by atoms with Crippen LogP contribution >= 0.6 is 15.9 Å². The van der Waals surface area contributed by atoms with Gasteiger partial charge < -0.3 is 5.73 Å². The molecule has 0 fully saturated rings. The average Bonchev–Trinajstić information content (AvgIpc) is 2.61. The Labute approximate surface area is 82.7 Å². The third kappa shape index (κ3) is 1.52. The van der Waals surface area contributed by atoms with E-state index in [0.29, 0.717) is 11.5 Å². The molecule has 0 saturated carbocycles. The first-order chi connectivity index (χ1) is 6.27. The molecule has 2 heterocycles. The highest BCUT2D eigenvalue weighted by atomic mass is 79.9. The number of hydrogen-bond donors (Lipinski definition) is 1. The minimum absolute atomic E-state index is 0.425. The number of aromatic nitrogens is 4. The number of nitrogen functional groups attached to an aromatic ring is 1. The molecule has 0 atom stereocenters. The first kappa shape index (κ1) is 8.18. The molecule has 0 radical (unpaired) electrons. The van der Waals surface area contributed by atoms with Crippen LogP contribution in [0.1, 0.15) is 0 Å². The van der Waals surface area contributed by atoms with Crippen LogP contribution in [-0.2, 0) is 0 Å². The number of nitrogens with two attached hydrogens (primary N) is 1. The molecule has 0 aliphatic heterocycles. The van der Waals surface area contributed by atoms with Gasteiger partial charge in [-0.2, -0.15) is 5.10 Å². The van der Waals surface area contributed by atoms with Gasteiger partial charge in [-0.1, -0.05) is 0 Å². The molecule has 0 spiro atoms. The lowest BCUT2D eigenvalue weighted by Gasteiger charge is -2.03. The van der Waals surface area contributed by atoms with Crippen molar-refractivity contribution in [3.8, 4) is 5.69 Å². The van der Waals surface area contributed by atoms with E-state index >= 15 is 0 Å². The first-order valence-corrected chi connectivity index (χ1v) is 4.32. The van der Waals surface area contributed by atoms with Crippen molar-refractivity contribution >= 4 is 21.7 Å². The van der Waals surface area contributed by atoms with Gasteiger partial charge in [0.15, 0.2) is 0 Å². The second kappa shape index (κ2) is 3.14. The highest BCUT2D eigenvalue weighted by Gasteiger charge is 2.03. The number of anilines is 1. The molecular formula is C7H6BrN5. The van der Waals surface area contributed by atoms with Gasteiger partial charge in [-0.05, 0) is 22.0 Å². The van der Waals surface area contributed by atoms with Crippen molar-refractivity contribution in [2.75, 3.05) is 5.73 Å². The fourth-order valence-corrected chi connectivity index (χ4v) is 1.27. The van der Waals surface area contributed by atoms with Crippen LogP contribution in [0.5, 0.6) is 0 Å². The van der Waals surface area contributed by atoms with Gasteiger partial charge in [0.1, 0.15) is 24.2 Å². The molecule has 5 nitrogen and oxygen atoms in total. The number of rotatable bonds is 1. The molecule has 0 amide bonds. The van der Waals surface area contributed by atoms with E-state index < -0.39 is 0 Å². The maximum Gasteiger partial charge on any atom is 0.149 e. The predicted octanol–water partition coefficient (Wildman–Crippen LogP) is 1.01. The molecule has 0 aliphatic rings. The zero-order chi connectivity index (χ0) is 9.26. The Kier molecular flexibility index (Phi) is 1.97. The molecule has 0 unspecified atom stereocenters. The minimum atomic E-state index is 0.425. The van der Waals surface area contributed by atoms with Gasteiger partial charge in [-0.15, -0.1) is 0 Å². The molecule has 13 heavy (non-hydrogen) atoms. The van der Waals surface area contributed by atoms with Crippen LogP contribution in [-0.4, -0.2) is 19.7 Å². The number of halogens is 1. The highest BCUT2D eigenvalue weighted by Crippen LogP contribution is 2.18. The van der Waals surface area contributed by atoms with Crippen LogP contribution in [0.2, 0.25) is 0 Å². The van der Waals surface area contributed by atoms with Crippen LogP contribution in [0.3, 0.4) is 0 Å². The molecule has 2 rings (SSSR count). The molecule has 0 aliphatic carbocycles. The van der Waals surface area contributed by atoms with E-state index in [0.717, 1.165) is 4.47 Å². The Balaban J connectivity index is 2.57. The lowest BCUT2D eigenvalue weighted by Crippen LogP contribution is -2.02. The molecule has 0 aromatic carbocycles. The Hall–Kier alpha value is -1.43. The van der Waals surface area contributed by atoms with Crippen molar-refractivity contribution in [1.82, 2.24) is 19.7 Å². The largest absolute Gasteiger partial charge is 0.382 e. The second-order valence-electron chi connectivity index (χ2n) is 2.40. The van der Waals surface area contributed by atoms with Gasteiger partial charge in [0.2, 0.25) is 0 Å². The van der Waals surface area contributed by atoms with E-state index in [-0.39, 0.29) is 0 Å². The molecule has 6 heteroatoms. The zero-order valence-electron chi connectivity index (χ0n) is 6.55. The Morgan fingerprint density at radius 1 is 1.46 bits per heavy atom. The average molecular weight is 240 g/mol. The maximum absolute atomic E-state index is 5.66. The van der Waals surface area contributed by atoms with Crippen LogP contribution in [0.25, 0.3) is 5.69 Å². The van der Waals surface area contributed by atoms with Crippen LogP contribution in [0.15, 0.2) is 29.4 Å². The summed E-state index contributed by atoms with van der Waals surface area (Å²) in [6.45, 7) is 0.